The molecule has 2 aromatic heterocycles. The van der Waals surface area contributed by atoms with Crippen LogP contribution in [0.2, 0.25) is 0 Å². The quantitative estimate of drug-likeness (QED) is 0.278. The topological polar surface area (TPSA) is 108 Å². The van der Waals surface area contributed by atoms with Crippen LogP contribution in [-0.2, 0) is 9.53 Å². The summed E-state index contributed by atoms with van der Waals surface area (Å²) in [6.07, 6.45) is 2.03. The summed E-state index contributed by atoms with van der Waals surface area (Å²) in [6.45, 7) is 1.63. The minimum Gasteiger partial charge on any atom is -0.449 e. The number of non-ortho nitro benzene ring substituents is 1. The number of aromatic nitrogens is 2. The van der Waals surface area contributed by atoms with Crippen LogP contribution in [0.25, 0.3) is 16.8 Å². The van der Waals surface area contributed by atoms with Crippen LogP contribution in [0.5, 0.6) is 0 Å². The third-order valence-electron chi connectivity index (χ3n) is 3.33. The lowest BCUT2D eigenvalue weighted by Gasteiger charge is -2.06. The van der Waals surface area contributed by atoms with E-state index in [0.717, 1.165) is 4.88 Å². The van der Waals surface area contributed by atoms with Crippen LogP contribution in [0.3, 0.4) is 0 Å². The third kappa shape index (κ3) is 4.19. The van der Waals surface area contributed by atoms with Crippen molar-refractivity contribution in [2.75, 3.05) is 0 Å². The van der Waals surface area contributed by atoms with E-state index >= 15 is 0 Å². The van der Waals surface area contributed by atoms with E-state index in [0.29, 0.717) is 11.5 Å². The Kier molecular flexibility index (Phi) is 5.18. The molecule has 8 nitrogen and oxygen atoms in total. The van der Waals surface area contributed by atoms with Gasteiger partial charge >= 0.3 is 5.97 Å². The van der Waals surface area contributed by atoms with Gasteiger partial charge in [0.2, 0.25) is 0 Å². The molecule has 0 aliphatic heterocycles. The summed E-state index contributed by atoms with van der Waals surface area (Å²) in [5.74, 6) is -0.0171. The highest BCUT2D eigenvalue weighted by atomic mass is 32.1. The Morgan fingerprint density at radius 3 is 2.73 bits per heavy atom. The Bertz CT molecular complexity index is 932. The van der Waals surface area contributed by atoms with Gasteiger partial charge in [-0.05, 0) is 42.1 Å². The summed E-state index contributed by atoms with van der Waals surface area (Å²) in [6, 6.07) is 9.52. The fourth-order valence-electron chi connectivity index (χ4n) is 2.03. The number of ether oxygens (including phenoxy) is 1. The number of hydrogen-bond donors (Lipinski definition) is 0. The van der Waals surface area contributed by atoms with Crippen LogP contribution < -0.4 is 0 Å². The molecule has 0 fully saturated rings. The van der Waals surface area contributed by atoms with Gasteiger partial charge < -0.3 is 9.15 Å². The van der Waals surface area contributed by atoms with Gasteiger partial charge in [-0.2, -0.15) is 0 Å². The van der Waals surface area contributed by atoms with Gasteiger partial charge in [0.1, 0.15) is 0 Å². The number of benzene rings is 1. The average Bonchev–Trinajstić information content (AvgIpc) is 3.31. The average molecular weight is 371 g/mol. The van der Waals surface area contributed by atoms with Gasteiger partial charge in [0.25, 0.3) is 17.5 Å². The van der Waals surface area contributed by atoms with Crippen LogP contribution >= 0.6 is 11.3 Å². The standard InChI is InChI=1S/C17H13N3O5S/c1-11(16-18-19-17(25-16)14-3-2-10-26-14)24-15(21)9-6-12-4-7-13(8-5-12)20(22)23/h2-11H,1H3/b9-6+/t11-/m1/s1. The molecule has 2 heterocycles. The highest BCUT2D eigenvalue weighted by Gasteiger charge is 2.18. The second-order valence-electron chi connectivity index (χ2n) is 5.18. The van der Waals surface area contributed by atoms with E-state index in [2.05, 4.69) is 10.2 Å². The summed E-state index contributed by atoms with van der Waals surface area (Å²) in [7, 11) is 0. The molecular formula is C17H13N3O5S. The lowest BCUT2D eigenvalue weighted by atomic mass is 10.2. The van der Waals surface area contributed by atoms with E-state index in [1.165, 1.54) is 47.8 Å². The number of nitro benzene ring substituents is 1. The van der Waals surface area contributed by atoms with E-state index in [1.807, 2.05) is 17.5 Å². The van der Waals surface area contributed by atoms with Crippen LogP contribution in [-0.4, -0.2) is 21.1 Å². The number of hydrogen-bond acceptors (Lipinski definition) is 8. The van der Waals surface area contributed by atoms with E-state index < -0.39 is 17.0 Å². The molecule has 0 amide bonds. The predicted octanol–water partition coefficient (Wildman–Crippen LogP) is 4.02. The van der Waals surface area contributed by atoms with Crippen LogP contribution in [0.1, 0.15) is 24.5 Å². The number of thiophene rings is 1. The lowest BCUT2D eigenvalue weighted by molar-refractivity contribution is -0.384. The molecule has 3 rings (SSSR count). The Labute approximate surface area is 151 Å². The molecule has 3 aromatic rings. The van der Waals surface area contributed by atoms with E-state index in [9.17, 15) is 14.9 Å². The first kappa shape index (κ1) is 17.5. The van der Waals surface area contributed by atoms with Crippen molar-refractivity contribution < 1.29 is 18.9 Å². The smallest absolute Gasteiger partial charge is 0.331 e. The molecule has 0 bridgehead atoms. The first-order chi connectivity index (χ1) is 12.5. The second-order valence-corrected chi connectivity index (χ2v) is 6.13. The highest BCUT2D eigenvalue weighted by molar-refractivity contribution is 7.13. The largest absolute Gasteiger partial charge is 0.449 e. The van der Waals surface area contributed by atoms with Crippen LogP contribution in [0.4, 0.5) is 5.69 Å². The number of nitro groups is 1. The van der Waals surface area contributed by atoms with Crippen LogP contribution in [0, 0.1) is 10.1 Å². The van der Waals surface area contributed by atoms with E-state index in [-0.39, 0.29) is 11.6 Å². The zero-order valence-electron chi connectivity index (χ0n) is 13.6. The highest BCUT2D eigenvalue weighted by Crippen LogP contribution is 2.25. The maximum absolute atomic E-state index is 11.9. The van der Waals surface area contributed by atoms with Gasteiger partial charge in [-0.25, -0.2) is 4.79 Å². The molecule has 0 radical (unpaired) electrons. The Balaban J connectivity index is 1.59. The van der Waals surface area contributed by atoms with Gasteiger partial charge in [-0.1, -0.05) is 6.07 Å². The van der Waals surface area contributed by atoms with Crippen molar-refractivity contribution >= 4 is 29.1 Å². The van der Waals surface area contributed by atoms with Crippen molar-refractivity contribution in [3.8, 4) is 10.8 Å². The van der Waals surface area contributed by atoms with Crippen LogP contribution in [0.15, 0.2) is 52.3 Å². The first-order valence-corrected chi connectivity index (χ1v) is 8.41. The third-order valence-corrected chi connectivity index (χ3v) is 4.19. The monoisotopic (exact) mass is 371 g/mol. The van der Waals surface area contributed by atoms with Gasteiger partial charge in [-0.3, -0.25) is 10.1 Å². The Morgan fingerprint density at radius 1 is 1.31 bits per heavy atom. The number of esters is 1. The zero-order chi connectivity index (χ0) is 18.5. The molecule has 0 aliphatic carbocycles. The molecule has 1 atom stereocenters. The van der Waals surface area contributed by atoms with Crippen molar-refractivity contribution in [2.24, 2.45) is 0 Å². The molecule has 26 heavy (non-hydrogen) atoms. The van der Waals surface area contributed by atoms with E-state index in [4.69, 9.17) is 9.15 Å². The summed E-state index contributed by atoms with van der Waals surface area (Å²) >= 11 is 1.47. The number of carbonyl (C=O) groups is 1. The zero-order valence-corrected chi connectivity index (χ0v) is 14.4. The van der Waals surface area contributed by atoms with Gasteiger partial charge in [0, 0.05) is 18.2 Å². The predicted molar refractivity (Wildman–Crippen MR) is 94.2 cm³/mol. The van der Waals surface area contributed by atoms with Gasteiger partial charge in [-0.15, -0.1) is 21.5 Å². The van der Waals surface area contributed by atoms with Crippen molar-refractivity contribution in [1.29, 1.82) is 0 Å². The molecule has 1 aromatic carbocycles. The summed E-state index contributed by atoms with van der Waals surface area (Å²) in [4.78, 5) is 22.9. The molecule has 0 unspecified atom stereocenters. The fourth-order valence-corrected chi connectivity index (χ4v) is 2.68. The molecule has 0 spiro atoms. The lowest BCUT2D eigenvalue weighted by Crippen LogP contribution is -2.06. The summed E-state index contributed by atoms with van der Waals surface area (Å²) < 4.78 is 10.7. The minimum atomic E-state index is -0.703. The van der Waals surface area contributed by atoms with Gasteiger partial charge in [0.05, 0.1) is 9.80 Å². The van der Waals surface area contributed by atoms with Crippen molar-refractivity contribution in [1.82, 2.24) is 10.2 Å². The SMILES string of the molecule is C[C@@H](OC(=O)/C=C/c1ccc([N+](=O)[O-])cc1)c1nnc(-c2cccs2)o1. The molecule has 0 aliphatic rings. The summed E-state index contributed by atoms with van der Waals surface area (Å²) in [5, 5.41) is 20.3. The normalized spacial score (nSPS) is 12.2. The van der Waals surface area contributed by atoms with Crippen molar-refractivity contribution in [2.45, 2.75) is 13.0 Å². The molecule has 0 N–H and O–H groups in total. The fraction of sp³-hybridized carbons (Fsp3) is 0.118. The molecule has 0 saturated heterocycles. The van der Waals surface area contributed by atoms with Gasteiger partial charge in [0.15, 0.2) is 6.10 Å². The maximum atomic E-state index is 11.9. The number of rotatable bonds is 6. The Morgan fingerprint density at radius 2 is 2.08 bits per heavy atom. The van der Waals surface area contributed by atoms with Crippen molar-refractivity contribution in [3.05, 3.63) is 69.4 Å². The molecule has 9 heteroatoms. The summed E-state index contributed by atoms with van der Waals surface area (Å²) in [5.41, 5.74) is 0.620. The van der Waals surface area contributed by atoms with Crippen molar-refractivity contribution in [3.63, 3.8) is 0 Å². The first-order valence-electron chi connectivity index (χ1n) is 7.53. The molecule has 0 saturated carbocycles. The van der Waals surface area contributed by atoms with E-state index in [1.54, 1.807) is 6.92 Å². The maximum Gasteiger partial charge on any atom is 0.331 e. The molecular weight excluding hydrogens is 358 g/mol. The minimum absolute atomic E-state index is 0.0173. The molecule has 132 valence electrons. The number of carbonyl (C=O) groups excluding carboxylic acids is 1. The Hall–Kier alpha value is -3.33. The second kappa shape index (κ2) is 7.70. The number of nitrogens with zero attached hydrogens (tertiary/aromatic N) is 3.